The number of urea groups is 1. The molecule has 1 aromatic rings. The van der Waals surface area contributed by atoms with E-state index in [0.29, 0.717) is 6.54 Å². The summed E-state index contributed by atoms with van der Waals surface area (Å²) in [5.74, 6) is -0.218. The normalized spacial score (nSPS) is 20.7. The van der Waals surface area contributed by atoms with Gasteiger partial charge in [-0.2, -0.15) is 0 Å². The van der Waals surface area contributed by atoms with Crippen molar-refractivity contribution in [3.05, 3.63) is 34.9 Å². The third-order valence-electron chi connectivity index (χ3n) is 4.11. The zero-order valence-corrected chi connectivity index (χ0v) is 15.1. The quantitative estimate of drug-likeness (QED) is 0.540. The van der Waals surface area contributed by atoms with Gasteiger partial charge in [0.2, 0.25) is 0 Å². The Kier molecular flexibility index (Phi) is 7.02. The molecule has 4 N–H and O–H groups in total. The van der Waals surface area contributed by atoms with E-state index in [1.807, 2.05) is 26.0 Å². The third kappa shape index (κ3) is 6.47. The fourth-order valence-corrected chi connectivity index (χ4v) is 3.02. The number of amides is 3. The Balaban J connectivity index is 1.69. The monoisotopic (exact) mass is 354 g/mol. The van der Waals surface area contributed by atoms with Crippen LogP contribution in [0.4, 0.5) is 4.79 Å². The first-order valence-electron chi connectivity index (χ1n) is 8.44. The predicted molar refractivity (Wildman–Crippen MR) is 93.2 cm³/mol. The SMILES string of the molecule is CC(C)NC(=O)NC(=O)C[NH+]1CC[NH+](Cc2ccc(Cl)cc2)CC1. The van der Waals surface area contributed by atoms with Crippen molar-refractivity contribution in [1.29, 1.82) is 0 Å². The molecule has 0 spiro atoms. The van der Waals surface area contributed by atoms with Crippen LogP contribution in [0.1, 0.15) is 19.4 Å². The molecule has 0 bridgehead atoms. The number of carbonyl (C=O) groups excluding carboxylic acids is 2. The van der Waals surface area contributed by atoms with Crippen molar-refractivity contribution < 1.29 is 19.4 Å². The number of rotatable bonds is 5. The van der Waals surface area contributed by atoms with E-state index in [1.54, 1.807) is 0 Å². The summed E-state index contributed by atoms with van der Waals surface area (Å²) < 4.78 is 0. The van der Waals surface area contributed by atoms with Gasteiger partial charge in [-0.1, -0.05) is 23.7 Å². The van der Waals surface area contributed by atoms with Gasteiger partial charge in [0, 0.05) is 16.6 Å². The number of hydrogen-bond acceptors (Lipinski definition) is 2. The molecule has 132 valence electrons. The third-order valence-corrected chi connectivity index (χ3v) is 4.37. The number of hydrogen-bond donors (Lipinski definition) is 4. The standard InChI is InChI=1S/C17H25ClN4O2/c1-13(2)19-17(24)20-16(23)12-22-9-7-21(8-10-22)11-14-3-5-15(18)6-4-14/h3-6,13H,7-12H2,1-2H3,(H2,19,20,23,24)/p+2. The second-order valence-electron chi connectivity index (χ2n) is 6.66. The molecular weight excluding hydrogens is 328 g/mol. The summed E-state index contributed by atoms with van der Waals surface area (Å²) in [5.41, 5.74) is 1.28. The molecule has 0 aromatic heterocycles. The highest BCUT2D eigenvalue weighted by Crippen LogP contribution is 2.08. The van der Waals surface area contributed by atoms with Crippen molar-refractivity contribution in [2.75, 3.05) is 32.7 Å². The van der Waals surface area contributed by atoms with E-state index in [-0.39, 0.29) is 11.9 Å². The molecule has 1 aromatic carbocycles. The topological polar surface area (TPSA) is 67.1 Å². The van der Waals surface area contributed by atoms with Crippen LogP contribution in [0.15, 0.2) is 24.3 Å². The lowest BCUT2D eigenvalue weighted by molar-refractivity contribution is -1.02. The van der Waals surface area contributed by atoms with Crippen LogP contribution in [0.25, 0.3) is 0 Å². The van der Waals surface area contributed by atoms with Crippen molar-refractivity contribution in [2.24, 2.45) is 0 Å². The largest absolute Gasteiger partial charge is 0.336 e. The van der Waals surface area contributed by atoms with E-state index in [0.717, 1.165) is 37.7 Å². The zero-order valence-electron chi connectivity index (χ0n) is 14.3. The summed E-state index contributed by atoms with van der Waals surface area (Å²) in [6.07, 6.45) is 0. The Morgan fingerprint density at radius 1 is 1.08 bits per heavy atom. The van der Waals surface area contributed by atoms with Gasteiger partial charge in [0.1, 0.15) is 32.7 Å². The number of carbonyl (C=O) groups is 2. The van der Waals surface area contributed by atoms with Crippen LogP contribution in [0, 0.1) is 0 Å². The first kappa shape index (κ1) is 18.7. The average Bonchev–Trinajstić information content (AvgIpc) is 2.50. The van der Waals surface area contributed by atoms with Gasteiger partial charge in [0.05, 0.1) is 0 Å². The first-order chi connectivity index (χ1) is 11.4. The van der Waals surface area contributed by atoms with E-state index in [1.165, 1.54) is 15.4 Å². The van der Waals surface area contributed by atoms with Crippen LogP contribution < -0.4 is 20.4 Å². The Morgan fingerprint density at radius 2 is 1.67 bits per heavy atom. The molecule has 0 unspecified atom stereocenters. The molecule has 24 heavy (non-hydrogen) atoms. The van der Waals surface area contributed by atoms with Crippen LogP contribution in [-0.2, 0) is 11.3 Å². The number of imide groups is 1. The zero-order chi connectivity index (χ0) is 17.5. The second kappa shape index (κ2) is 9.01. The Labute approximate surface area is 148 Å². The van der Waals surface area contributed by atoms with Gasteiger partial charge in [-0.15, -0.1) is 0 Å². The van der Waals surface area contributed by atoms with Crippen molar-refractivity contribution in [2.45, 2.75) is 26.4 Å². The second-order valence-corrected chi connectivity index (χ2v) is 7.09. The van der Waals surface area contributed by atoms with Crippen LogP contribution in [0.2, 0.25) is 5.02 Å². The number of nitrogens with one attached hydrogen (secondary N) is 4. The molecule has 1 fully saturated rings. The molecule has 1 saturated heterocycles. The van der Waals surface area contributed by atoms with Gasteiger partial charge in [-0.3, -0.25) is 10.1 Å². The highest BCUT2D eigenvalue weighted by molar-refractivity contribution is 6.30. The maximum Gasteiger partial charge on any atom is 0.321 e. The average molecular weight is 355 g/mol. The molecule has 1 aliphatic heterocycles. The summed E-state index contributed by atoms with van der Waals surface area (Å²) >= 11 is 5.91. The minimum absolute atomic E-state index is 0.0187. The predicted octanol–water partition coefficient (Wildman–Crippen LogP) is -1.14. The van der Waals surface area contributed by atoms with Gasteiger partial charge in [-0.05, 0) is 26.0 Å². The van der Waals surface area contributed by atoms with Gasteiger partial charge in [-0.25, -0.2) is 4.79 Å². The lowest BCUT2D eigenvalue weighted by atomic mass is 10.2. The van der Waals surface area contributed by atoms with Gasteiger partial charge in [0.25, 0.3) is 5.91 Å². The molecule has 3 amide bonds. The lowest BCUT2D eigenvalue weighted by Crippen LogP contribution is -3.28. The minimum atomic E-state index is -0.415. The molecule has 6 nitrogen and oxygen atoms in total. The summed E-state index contributed by atoms with van der Waals surface area (Å²) in [6, 6.07) is 7.57. The van der Waals surface area contributed by atoms with Gasteiger partial charge < -0.3 is 15.1 Å². The van der Waals surface area contributed by atoms with Crippen molar-refractivity contribution in [1.82, 2.24) is 10.6 Å². The molecule has 0 atom stereocenters. The summed E-state index contributed by atoms with van der Waals surface area (Å²) in [7, 11) is 0. The molecule has 2 rings (SSSR count). The molecular formula is C17H27ClN4O2+2. The first-order valence-corrected chi connectivity index (χ1v) is 8.82. The summed E-state index contributed by atoms with van der Waals surface area (Å²) in [5, 5.41) is 5.80. The summed E-state index contributed by atoms with van der Waals surface area (Å²) in [6.45, 7) is 8.94. The Morgan fingerprint density at radius 3 is 2.25 bits per heavy atom. The number of piperazine rings is 1. The lowest BCUT2D eigenvalue weighted by Gasteiger charge is -2.29. The minimum Gasteiger partial charge on any atom is -0.336 e. The molecule has 0 saturated carbocycles. The van der Waals surface area contributed by atoms with Gasteiger partial charge in [0.15, 0.2) is 6.54 Å². The van der Waals surface area contributed by atoms with E-state index in [2.05, 4.69) is 22.8 Å². The number of quaternary nitrogens is 2. The van der Waals surface area contributed by atoms with E-state index in [4.69, 9.17) is 11.6 Å². The fourth-order valence-electron chi connectivity index (χ4n) is 2.90. The maximum atomic E-state index is 11.9. The van der Waals surface area contributed by atoms with Crippen LogP contribution in [-0.4, -0.2) is 50.7 Å². The van der Waals surface area contributed by atoms with Crippen LogP contribution in [0.5, 0.6) is 0 Å². The molecule has 1 aliphatic rings. The fraction of sp³-hybridized carbons (Fsp3) is 0.529. The van der Waals surface area contributed by atoms with E-state index >= 15 is 0 Å². The highest BCUT2D eigenvalue weighted by Gasteiger charge is 2.25. The molecule has 0 radical (unpaired) electrons. The Hall–Kier alpha value is -1.63. The van der Waals surface area contributed by atoms with Crippen LogP contribution in [0.3, 0.4) is 0 Å². The summed E-state index contributed by atoms with van der Waals surface area (Å²) in [4.78, 5) is 26.2. The molecule has 0 aliphatic carbocycles. The van der Waals surface area contributed by atoms with Crippen molar-refractivity contribution >= 4 is 23.5 Å². The van der Waals surface area contributed by atoms with E-state index in [9.17, 15) is 9.59 Å². The Bertz CT molecular complexity index is 554. The van der Waals surface area contributed by atoms with Crippen LogP contribution >= 0.6 is 11.6 Å². The molecule has 1 heterocycles. The van der Waals surface area contributed by atoms with E-state index < -0.39 is 6.03 Å². The maximum absolute atomic E-state index is 11.9. The van der Waals surface area contributed by atoms with Crippen molar-refractivity contribution in [3.63, 3.8) is 0 Å². The highest BCUT2D eigenvalue weighted by atomic mass is 35.5. The van der Waals surface area contributed by atoms with Gasteiger partial charge >= 0.3 is 6.03 Å². The molecule has 7 heteroatoms. The number of halogens is 1. The smallest absolute Gasteiger partial charge is 0.321 e. The van der Waals surface area contributed by atoms with Crippen molar-refractivity contribution in [3.8, 4) is 0 Å². The number of benzene rings is 1.